The van der Waals surface area contributed by atoms with Crippen LogP contribution in [-0.4, -0.2) is 36.9 Å². The molecule has 0 unspecified atom stereocenters. The van der Waals surface area contributed by atoms with Crippen molar-refractivity contribution < 1.29 is 28.6 Å². The molecule has 2 aliphatic rings. The average molecular weight is 400 g/mol. The Balaban J connectivity index is 1.28. The Kier molecular flexibility index (Phi) is 5.07. The van der Waals surface area contributed by atoms with Gasteiger partial charge in [-0.3, -0.25) is 9.59 Å². The number of anilines is 1. The van der Waals surface area contributed by atoms with Gasteiger partial charge in [-0.15, -0.1) is 11.8 Å². The van der Waals surface area contributed by atoms with Crippen molar-refractivity contribution in [3.63, 3.8) is 0 Å². The number of nitrogens with one attached hydrogen (secondary N) is 2. The minimum absolute atomic E-state index is 0.120. The van der Waals surface area contributed by atoms with Gasteiger partial charge in [0, 0.05) is 11.4 Å². The van der Waals surface area contributed by atoms with Gasteiger partial charge in [0.05, 0.1) is 17.0 Å². The lowest BCUT2D eigenvalue weighted by Gasteiger charge is -2.16. The molecule has 2 amide bonds. The summed E-state index contributed by atoms with van der Waals surface area (Å²) in [6.07, 6.45) is 0. The molecule has 0 fully saturated rings. The molecule has 9 heteroatoms. The van der Waals surface area contributed by atoms with Crippen molar-refractivity contribution in [2.75, 3.05) is 24.5 Å². The van der Waals surface area contributed by atoms with Crippen LogP contribution < -0.4 is 20.1 Å². The summed E-state index contributed by atoms with van der Waals surface area (Å²) in [5, 5.41) is 5.39. The first kappa shape index (κ1) is 18.2. The van der Waals surface area contributed by atoms with Crippen molar-refractivity contribution in [2.45, 2.75) is 11.4 Å². The van der Waals surface area contributed by atoms with E-state index in [1.165, 1.54) is 11.8 Å². The van der Waals surface area contributed by atoms with Gasteiger partial charge in [-0.1, -0.05) is 6.07 Å². The van der Waals surface area contributed by atoms with Crippen LogP contribution in [0.4, 0.5) is 5.69 Å². The van der Waals surface area contributed by atoms with Crippen molar-refractivity contribution >= 4 is 35.2 Å². The molecule has 2 heterocycles. The van der Waals surface area contributed by atoms with Gasteiger partial charge < -0.3 is 24.8 Å². The number of thioether (sulfide) groups is 1. The summed E-state index contributed by atoms with van der Waals surface area (Å²) in [6.45, 7) is 0.0584. The summed E-state index contributed by atoms with van der Waals surface area (Å²) in [7, 11) is 0. The number of esters is 1. The van der Waals surface area contributed by atoms with Crippen molar-refractivity contribution in [3.05, 3.63) is 47.5 Å². The first-order chi connectivity index (χ1) is 13.6. The van der Waals surface area contributed by atoms with E-state index in [2.05, 4.69) is 10.6 Å². The Morgan fingerprint density at radius 3 is 2.89 bits per heavy atom. The molecule has 0 saturated heterocycles. The standard InChI is InChI=1S/C19H16N2O6S/c22-17(20-7-11-1-3-14-15(5-11)27-10-26-14)8-25-19(24)12-2-4-16-13(6-12)21-18(23)9-28-16/h1-6H,7-10H2,(H,20,22)(H,21,23). The Hall–Kier alpha value is -3.20. The molecule has 0 spiro atoms. The zero-order valence-corrected chi connectivity index (χ0v) is 15.5. The van der Waals surface area contributed by atoms with E-state index in [1.807, 2.05) is 6.07 Å². The van der Waals surface area contributed by atoms with Gasteiger partial charge in [0.2, 0.25) is 12.7 Å². The van der Waals surface area contributed by atoms with E-state index < -0.39 is 18.5 Å². The van der Waals surface area contributed by atoms with Crippen LogP contribution in [0.15, 0.2) is 41.3 Å². The van der Waals surface area contributed by atoms with Crippen LogP contribution in [0.1, 0.15) is 15.9 Å². The van der Waals surface area contributed by atoms with Crippen LogP contribution in [0, 0.1) is 0 Å². The third-order valence-electron chi connectivity index (χ3n) is 4.11. The van der Waals surface area contributed by atoms with Crippen molar-refractivity contribution in [1.82, 2.24) is 5.32 Å². The van der Waals surface area contributed by atoms with Gasteiger partial charge in [-0.2, -0.15) is 0 Å². The normalized spacial score (nSPS) is 14.1. The molecule has 0 aromatic heterocycles. The lowest BCUT2D eigenvalue weighted by molar-refractivity contribution is -0.124. The third-order valence-corrected chi connectivity index (χ3v) is 5.18. The number of carbonyl (C=O) groups excluding carboxylic acids is 3. The van der Waals surface area contributed by atoms with Gasteiger partial charge in [0.1, 0.15) is 0 Å². The van der Waals surface area contributed by atoms with E-state index in [0.717, 1.165) is 10.5 Å². The predicted molar refractivity (Wildman–Crippen MR) is 100 cm³/mol. The highest BCUT2D eigenvalue weighted by molar-refractivity contribution is 8.00. The Bertz CT molecular complexity index is 961. The van der Waals surface area contributed by atoms with Crippen LogP contribution in [0.2, 0.25) is 0 Å². The van der Waals surface area contributed by atoms with Crippen molar-refractivity contribution in [2.24, 2.45) is 0 Å². The Morgan fingerprint density at radius 1 is 1.14 bits per heavy atom. The second-order valence-electron chi connectivity index (χ2n) is 6.09. The molecule has 0 atom stereocenters. The number of ether oxygens (including phenoxy) is 3. The minimum Gasteiger partial charge on any atom is -0.454 e. The topological polar surface area (TPSA) is 103 Å². The highest BCUT2D eigenvalue weighted by atomic mass is 32.2. The van der Waals surface area contributed by atoms with Gasteiger partial charge in [-0.25, -0.2) is 4.79 Å². The molecule has 0 aliphatic carbocycles. The van der Waals surface area contributed by atoms with E-state index in [0.29, 0.717) is 22.9 Å². The summed E-state index contributed by atoms with van der Waals surface area (Å²) < 4.78 is 15.6. The molecule has 8 nitrogen and oxygen atoms in total. The average Bonchev–Trinajstić information content (AvgIpc) is 3.17. The van der Waals surface area contributed by atoms with E-state index in [4.69, 9.17) is 14.2 Å². The fourth-order valence-corrected chi connectivity index (χ4v) is 3.52. The number of amides is 2. The lowest BCUT2D eigenvalue weighted by Crippen LogP contribution is -2.28. The fraction of sp³-hybridized carbons (Fsp3) is 0.211. The van der Waals surface area contributed by atoms with E-state index in [9.17, 15) is 14.4 Å². The molecular weight excluding hydrogens is 384 g/mol. The van der Waals surface area contributed by atoms with Crippen LogP contribution in [0.25, 0.3) is 0 Å². The van der Waals surface area contributed by atoms with Crippen LogP contribution in [0.3, 0.4) is 0 Å². The van der Waals surface area contributed by atoms with E-state index >= 15 is 0 Å². The zero-order valence-electron chi connectivity index (χ0n) is 14.7. The van der Waals surface area contributed by atoms with E-state index in [1.54, 1.807) is 30.3 Å². The lowest BCUT2D eigenvalue weighted by atomic mass is 10.2. The number of fused-ring (bicyclic) bond motifs is 2. The first-order valence-electron chi connectivity index (χ1n) is 8.47. The molecular formula is C19H16N2O6S. The number of benzene rings is 2. The summed E-state index contributed by atoms with van der Waals surface area (Å²) >= 11 is 1.40. The molecule has 2 aromatic rings. The summed E-state index contributed by atoms with van der Waals surface area (Å²) in [6, 6.07) is 10.3. The molecule has 2 N–H and O–H groups in total. The van der Waals surface area contributed by atoms with Gasteiger partial charge in [0.25, 0.3) is 5.91 Å². The zero-order chi connectivity index (χ0) is 19.5. The highest BCUT2D eigenvalue weighted by Crippen LogP contribution is 2.33. The second-order valence-corrected chi connectivity index (χ2v) is 7.11. The van der Waals surface area contributed by atoms with Crippen LogP contribution in [0.5, 0.6) is 11.5 Å². The summed E-state index contributed by atoms with van der Waals surface area (Å²) in [4.78, 5) is 36.5. The monoisotopic (exact) mass is 400 g/mol. The van der Waals surface area contributed by atoms with Gasteiger partial charge in [0.15, 0.2) is 18.1 Å². The van der Waals surface area contributed by atoms with E-state index in [-0.39, 0.29) is 24.8 Å². The maximum Gasteiger partial charge on any atom is 0.338 e. The van der Waals surface area contributed by atoms with Crippen molar-refractivity contribution in [1.29, 1.82) is 0 Å². The second kappa shape index (κ2) is 7.81. The fourth-order valence-electron chi connectivity index (χ4n) is 2.73. The molecule has 0 bridgehead atoms. The molecule has 2 aromatic carbocycles. The number of carbonyl (C=O) groups is 3. The Labute approximate surface area is 164 Å². The molecule has 0 radical (unpaired) electrons. The van der Waals surface area contributed by atoms with Crippen LogP contribution in [-0.2, 0) is 20.9 Å². The predicted octanol–water partition coefficient (Wildman–Crippen LogP) is 1.93. The largest absolute Gasteiger partial charge is 0.454 e. The smallest absolute Gasteiger partial charge is 0.338 e. The molecule has 28 heavy (non-hydrogen) atoms. The highest BCUT2D eigenvalue weighted by Gasteiger charge is 2.18. The molecule has 4 rings (SSSR count). The Morgan fingerprint density at radius 2 is 2.00 bits per heavy atom. The number of rotatable bonds is 5. The first-order valence-corrected chi connectivity index (χ1v) is 9.46. The SMILES string of the molecule is O=C(COC(=O)c1ccc2c(c1)NC(=O)CS2)NCc1ccc2c(c1)OCO2. The molecule has 0 saturated carbocycles. The van der Waals surface area contributed by atoms with Gasteiger partial charge in [-0.05, 0) is 35.9 Å². The summed E-state index contributed by atoms with van der Waals surface area (Å²) in [5.41, 5.74) is 1.68. The summed E-state index contributed by atoms with van der Waals surface area (Å²) in [5.74, 6) is 0.476. The van der Waals surface area contributed by atoms with Crippen molar-refractivity contribution in [3.8, 4) is 11.5 Å². The third kappa shape index (κ3) is 4.04. The van der Waals surface area contributed by atoms with Crippen LogP contribution >= 0.6 is 11.8 Å². The molecule has 2 aliphatic heterocycles. The molecule has 144 valence electrons. The van der Waals surface area contributed by atoms with Gasteiger partial charge >= 0.3 is 5.97 Å². The number of hydrogen-bond acceptors (Lipinski definition) is 7. The quantitative estimate of drug-likeness (QED) is 0.739. The minimum atomic E-state index is -0.633. The number of hydrogen-bond donors (Lipinski definition) is 2. The maximum atomic E-state index is 12.2. The maximum absolute atomic E-state index is 12.2.